The molecular weight excluding hydrogens is 260 g/mol. The van der Waals surface area contributed by atoms with Crippen LogP contribution >= 0.6 is 11.6 Å². The van der Waals surface area contributed by atoms with Gasteiger partial charge in [0.05, 0.1) is 5.56 Å². The number of amides is 1. The van der Waals surface area contributed by atoms with Gasteiger partial charge in [-0.25, -0.2) is 0 Å². The van der Waals surface area contributed by atoms with E-state index in [0.717, 1.165) is 16.7 Å². The average molecular weight is 271 g/mol. The maximum atomic E-state index is 11.7. The van der Waals surface area contributed by atoms with Gasteiger partial charge in [0.2, 0.25) is 0 Å². The van der Waals surface area contributed by atoms with Crippen LogP contribution in [0.1, 0.15) is 27.0 Å². The van der Waals surface area contributed by atoms with Crippen molar-refractivity contribution in [1.82, 2.24) is 0 Å². The zero-order valence-corrected chi connectivity index (χ0v) is 10.8. The summed E-state index contributed by atoms with van der Waals surface area (Å²) in [5.41, 5.74) is 9.11. The number of nitrogens with zero attached hydrogens (tertiary/aromatic N) is 1. The standard InChI is InChI=1S/C15H11ClN2O/c16-12-7-2-1-4-9(12)8-10-5-3-6-11-13(10)14(17)18-15(11)19/h1-7H,8H2,(H2,17,18,19). The normalized spacial score (nSPS) is 13.3. The summed E-state index contributed by atoms with van der Waals surface area (Å²) >= 11 is 6.16. The van der Waals surface area contributed by atoms with Crippen molar-refractivity contribution in [1.29, 1.82) is 0 Å². The molecule has 1 aliphatic heterocycles. The maximum Gasteiger partial charge on any atom is 0.279 e. The minimum Gasteiger partial charge on any atom is -0.383 e. The first-order valence-corrected chi connectivity index (χ1v) is 6.29. The number of hydrogen-bond donors (Lipinski definition) is 1. The molecule has 3 rings (SSSR count). The number of aliphatic imine (C=N–C) groups is 1. The van der Waals surface area contributed by atoms with Gasteiger partial charge in [0.1, 0.15) is 5.84 Å². The van der Waals surface area contributed by atoms with Crippen molar-refractivity contribution < 1.29 is 4.79 Å². The number of benzene rings is 2. The molecule has 0 radical (unpaired) electrons. The first-order valence-electron chi connectivity index (χ1n) is 5.91. The van der Waals surface area contributed by atoms with Crippen molar-refractivity contribution in [2.75, 3.05) is 0 Å². The molecule has 0 fully saturated rings. The van der Waals surface area contributed by atoms with Gasteiger partial charge in [-0.1, -0.05) is 41.9 Å². The van der Waals surface area contributed by atoms with Gasteiger partial charge in [-0.2, -0.15) is 4.99 Å². The molecule has 1 aliphatic rings. The van der Waals surface area contributed by atoms with E-state index in [2.05, 4.69) is 4.99 Å². The second kappa shape index (κ2) is 4.52. The fourth-order valence-electron chi connectivity index (χ4n) is 2.30. The molecule has 2 aromatic carbocycles. The number of halogens is 1. The molecule has 94 valence electrons. The Hall–Kier alpha value is -2.13. The Balaban J connectivity index is 2.07. The highest BCUT2D eigenvalue weighted by molar-refractivity contribution is 6.31. The van der Waals surface area contributed by atoms with Gasteiger partial charge < -0.3 is 5.73 Å². The van der Waals surface area contributed by atoms with Gasteiger partial charge in [-0.05, 0) is 29.7 Å². The molecule has 0 unspecified atom stereocenters. The molecule has 4 heteroatoms. The highest BCUT2D eigenvalue weighted by Gasteiger charge is 2.23. The van der Waals surface area contributed by atoms with Crippen LogP contribution in [0, 0.1) is 0 Å². The lowest BCUT2D eigenvalue weighted by Crippen LogP contribution is -2.13. The Labute approximate surface area is 115 Å². The Morgan fingerprint density at radius 1 is 1.05 bits per heavy atom. The van der Waals surface area contributed by atoms with Crippen molar-refractivity contribution in [3.63, 3.8) is 0 Å². The van der Waals surface area contributed by atoms with E-state index in [1.807, 2.05) is 36.4 Å². The molecule has 0 aromatic heterocycles. The lowest BCUT2D eigenvalue weighted by atomic mass is 9.96. The third-order valence-electron chi connectivity index (χ3n) is 3.20. The second-order valence-corrected chi connectivity index (χ2v) is 4.82. The van der Waals surface area contributed by atoms with Crippen LogP contribution in [0.25, 0.3) is 0 Å². The van der Waals surface area contributed by atoms with Crippen LogP contribution in [-0.4, -0.2) is 11.7 Å². The Bertz CT molecular complexity index is 707. The van der Waals surface area contributed by atoms with Gasteiger partial charge >= 0.3 is 0 Å². The molecule has 0 bridgehead atoms. The lowest BCUT2D eigenvalue weighted by molar-refractivity contribution is 0.101. The molecule has 0 aliphatic carbocycles. The van der Waals surface area contributed by atoms with Crippen LogP contribution in [-0.2, 0) is 6.42 Å². The Morgan fingerprint density at radius 2 is 1.79 bits per heavy atom. The minimum absolute atomic E-state index is 0.270. The first-order chi connectivity index (χ1) is 9.16. The summed E-state index contributed by atoms with van der Waals surface area (Å²) < 4.78 is 0. The molecule has 2 aromatic rings. The highest BCUT2D eigenvalue weighted by Crippen LogP contribution is 2.25. The zero-order valence-electron chi connectivity index (χ0n) is 10.1. The monoisotopic (exact) mass is 270 g/mol. The van der Waals surface area contributed by atoms with E-state index in [9.17, 15) is 4.79 Å². The van der Waals surface area contributed by atoms with Gasteiger partial charge in [-0.15, -0.1) is 0 Å². The number of nitrogens with two attached hydrogens (primary N) is 1. The Kier molecular flexibility index (Phi) is 2.84. The summed E-state index contributed by atoms with van der Waals surface area (Å²) in [4.78, 5) is 15.5. The van der Waals surface area contributed by atoms with Crippen LogP contribution < -0.4 is 5.73 Å². The molecule has 1 heterocycles. The molecule has 0 saturated carbocycles. The Morgan fingerprint density at radius 3 is 2.58 bits per heavy atom. The van der Waals surface area contributed by atoms with E-state index in [0.29, 0.717) is 22.8 Å². The summed E-state index contributed by atoms with van der Waals surface area (Å²) in [5, 5.41) is 0.708. The molecule has 0 atom stereocenters. The quantitative estimate of drug-likeness (QED) is 0.912. The summed E-state index contributed by atoms with van der Waals surface area (Å²) in [7, 11) is 0. The van der Waals surface area contributed by atoms with Crippen LogP contribution in [0.4, 0.5) is 0 Å². The zero-order chi connectivity index (χ0) is 13.4. The third kappa shape index (κ3) is 2.02. The molecule has 0 spiro atoms. The number of fused-ring (bicyclic) bond motifs is 1. The van der Waals surface area contributed by atoms with Gasteiger partial charge in [0, 0.05) is 10.6 Å². The van der Waals surface area contributed by atoms with Crippen molar-refractivity contribution in [3.05, 3.63) is 69.7 Å². The van der Waals surface area contributed by atoms with Crippen molar-refractivity contribution in [2.45, 2.75) is 6.42 Å². The molecule has 3 nitrogen and oxygen atoms in total. The number of carbonyl (C=O) groups is 1. The maximum absolute atomic E-state index is 11.7. The SMILES string of the molecule is NC1=NC(=O)c2cccc(Cc3ccccc3Cl)c21. The number of hydrogen-bond acceptors (Lipinski definition) is 2. The molecule has 0 saturated heterocycles. The van der Waals surface area contributed by atoms with E-state index in [1.165, 1.54) is 0 Å². The van der Waals surface area contributed by atoms with Crippen LogP contribution in [0.15, 0.2) is 47.5 Å². The highest BCUT2D eigenvalue weighted by atomic mass is 35.5. The van der Waals surface area contributed by atoms with Crippen LogP contribution in [0.3, 0.4) is 0 Å². The second-order valence-electron chi connectivity index (χ2n) is 4.41. The minimum atomic E-state index is -0.270. The molecule has 2 N–H and O–H groups in total. The largest absolute Gasteiger partial charge is 0.383 e. The summed E-state index contributed by atoms with van der Waals surface area (Å²) in [5.74, 6) is 0.0242. The van der Waals surface area contributed by atoms with Crippen molar-refractivity contribution in [3.8, 4) is 0 Å². The van der Waals surface area contributed by atoms with Crippen LogP contribution in [0.2, 0.25) is 5.02 Å². The molecule has 19 heavy (non-hydrogen) atoms. The lowest BCUT2D eigenvalue weighted by Gasteiger charge is -2.09. The summed E-state index contributed by atoms with van der Waals surface area (Å²) in [6.07, 6.45) is 0.631. The van der Waals surface area contributed by atoms with E-state index < -0.39 is 0 Å². The predicted octanol–water partition coefficient (Wildman–Crippen LogP) is 2.79. The number of amidine groups is 1. The van der Waals surface area contributed by atoms with Gasteiger partial charge in [0.15, 0.2) is 0 Å². The fourth-order valence-corrected chi connectivity index (χ4v) is 2.50. The first kappa shape index (κ1) is 11.9. The van der Waals surface area contributed by atoms with E-state index in [1.54, 1.807) is 6.07 Å². The fraction of sp³-hybridized carbons (Fsp3) is 0.0667. The van der Waals surface area contributed by atoms with Crippen molar-refractivity contribution in [2.24, 2.45) is 10.7 Å². The molecule has 1 amide bonds. The predicted molar refractivity (Wildman–Crippen MR) is 75.8 cm³/mol. The number of carbonyl (C=O) groups excluding carboxylic acids is 1. The van der Waals surface area contributed by atoms with Gasteiger partial charge in [-0.3, -0.25) is 4.79 Å². The average Bonchev–Trinajstić information content (AvgIpc) is 2.69. The molecular formula is C15H11ClN2O. The summed E-state index contributed by atoms with van der Waals surface area (Å²) in [6, 6.07) is 13.2. The van der Waals surface area contributed by atoms with Gasteiger partial charge in [0.25, 0.3) is 5.91 Å². The smallest absolute Gasteiger partial charge is 0.279 e. The van der Waals surface area contributed by atoms with Crippen LogP contribution in [0.5, 0.6) is 0 Å². The van der Waals surface area contributed by atoms with E-state index in [4.69, 9.17) is 17.3 Å². The third-order valence-corrected chi connectivity index (χ3v) is 3.57. The van der Waals surface area contributed by atoms with E-state index >= 15 is 0 Å². The van der Waals surface area contributed by atoms with E-state index in [-0.39, 0.29) is 5.91 Å². The topological polar surface area (TPSA) is 55.4 Å². The number of rotatable bonds is 2. The van der Waals surface area contributed by atoms with Crippen molar-refractivity contribution >= 4 is 23.3 Å². The summed E-state index contributed by atoms with van der Waals surface area (Å²) in [6.45, 7) is 0.